The molecule has 2 N–H and O–H groups in total. The van der Waals surface area contributed by atoms with E-state index >= 15 is 0 Å². The number of halogens is 1. The lowest BCUT2D eigenvalue weighted by Gasteiger charge is -2.15. The molecule has 0 radical (unpaired) electrons. The molecule has 0 spiro atoms. The van der Waals surface area contributed by atoms with Crippen LogP contribution in [-0.2, 0) is 4.79 Å². The molecule has 1 unspecified atom stereocenters. The van der Waals surface area contributed by atoms with Crippen molar-refractivity contribution in [2.24, 2.45) is 5.92 Å². The summed E-state index contributed by atoms with van der Waals surface area (Å²) in [5, 5.41) is 6.04. The summed E-state index contributed by atoms with van der Waals surface area (Å²) in [4.78, 5) is 11.9. The van der Waals surface area contributed by atoms with Crippen molar-refractivity contribution in [3.63, 3.8) is 0 Å². The minimum absolute atomic E-state index is 0.0754. The first kappa shape index (κ1) is 11.7. The van der Waals surface area contributed by atoms with Crippen molar-refractivity contribution in [1.29, 1.82) is 0 Å². The van der Waals surface area contributed by atoms with E-state index in [1.54, 1.807) is 6.07 Å². The summed E-state index contributed by atoms with van der Waals surface area (Å²) in [5.74, 6) is 0.293. The molecule has 0 saturated heterocycles. The summed E-state index contributed by atoms with van der Waals surface area (Å²) in [6, 6.07) is 4.16. The van der Waals surface area contributed by atoms with Crippen LogP contribution in [0, 0.1) is 11.7 Å². The molecule has 1 amide bonds. The Morgan fingerprint density at radius 2 is 2.11 bits per heavy atom. The molecule has 0 bridgehead atoms. The normalized spacial score (nSPS) is 23.2. The maximum Gasteiger partial charge on any atom is 0.246 e. The van der Waals surface area contributed by atoms with Crippen molar-refractivity contribution < 1.29 is 9.18 Å². The third-order valence-electron chi connectivity index (χ3n) is 3.93. The predicted octanol–water partition coefficient (Wildman–Crippen LogP) is 2.60. The topological polar surface area (TPSA) is 41.1 Å². The standard InChI is InChI=1S/C14H17FN2O/c15-10-5-6-11-12(7-10)17-14(18)13(11)16-8-9-3-1-2-4-9/h5-7,9,13,16H,1-4,8H2,(H,17,18). The van der Waals surface area contributed by atoms with Crippen molar-refractivity contribution in [3.8, 4) is 0 Å². The van der Waals surface area contributed by atoms with Crippen LogP contribution in [0.4, 0.5) is 10.1 Å². The van der Waals surface area contributed by atoms with E-state index in [9.17, 15) is 9.18 Å². The Bertz CT molecular complexity index is 469. The van der Waals surface area contributed by atoms with Crippen LogP contribution < -0.4 is 10.6 Å². The van der Waals surface area contributed by atoms with Gasteiger partial charge in [0.2, 0.25) is 5.91 Å². The molecule has 4 heteroatoms. The molecule has 1 aliphatic carbocycles. The van der Waals surface area contributed by atoms with Gasteiger partial charge in [0.05, 0.1) is 0 Å². The van der Waals surface area contributed by atoms with Gasteiger partial charge in [-0.3, -0.25) is 4.79 Å². The number of hydrogen-bond donors (Lipinski definition) is 2. The smallest absolute Gasteiger partial charge is 0.246 e. The highest BCUT2D eigenvalue weighted by atomic mass is 19.1. The average molecular weight is 248 g/mol. The molecule has 1 fully saturated rings. The number of nitrogens with one attached hydrogen (secondary N) is 2. The van der Waals surface area contributed by atoms with E-state index < -0.39 is 0 Å². The molecule has 3 rings (SSSR count). The Morgan fingerprint density at radius 1 is 1.33 bits per heavy atom. The van der Waals surface area contributed by atoms with E-state index in [1.807, 2.05) is 0 Å². The van der Waals surface area contributed by atoms with Crippen molar-refractivity contribution in [1.82, 2.24) is 5.32 Å². The number of rotatable bonds is 3. The van der Waals surface area contributed by atoms with Gasteiger partial charge in [0.15, 0.2) is 0 Å². The Balaban J connectivity index is 1.71. The van der Waals surface area contributed by atoms with Gasteiger partial charge in [-0.05, 0) is 37.4 Å². The van der Waals surface area contributed by atoms with E-state index in [-0.39, 0.29) is 17.8 Å². The fourth-order valence-corrected chi connectivity index (χ4v) is 2.94. The Kier molecular flexibility index (Phi) is 3.04. The third-order valence-corrected chi connectivity index (χ3v) is 3.93. The maximum absolute atomic E-state index is 13.1. The van der Waals surface area contributed by atoms with Crippen LogP contribution in [0.5, 0.6) is 0 Å². The maximum atomic E-state index is 13.1. The van der Waals surface area contributed by atoms with Gasteiger partial charge in [0.25, 0.3) is 0 Å². The first-order valence-corrected chi connectivity index (χ1v) is 6.58. The fourth-order valence-electron chi connectivity index (χ4n) is 2.94. The molecule has 1 aliphatic heterocycles. The Labute approximate surface area is 106 Å². The van der Waals surface area contributed by atoms with Gasteiger partial charge in [0, 0.05) is 11.3 Å². The number of carbonyl (C=O) groups is 1. The van der Waals surface area contributed by atoms with Crippen LogP contribution >= 0.6 is 0 Å². The second kappa shape index (κ2) is 4.69. The molecule has 2 aliphatic rings. The SMILES string of the molecule is O=C1Nc2cc(F)ccc2C1NCC1CCCC1. The lowest BCUT2D eigenvalue weighted by molar-refractivity contribution is -0.117. The van der Waals surface area contributed by atoms with E-state index in [4.69, 9.17) is 0 Å². The van der Waals surface area contributed by atoms with Crippen molar-refractivity contribution in [2.75, 3.05) is 11.9 Å². The van der Waals surface area contributed by atoms with Gasteiger partial charge in [-0.25, -0.2) is 4.39 Å². The van der Waals surface area contributed by atoms with Crippen molar-refractivity contribution in [3.05, 3.63) is 29.6 Å². The first-order chi connectivity index (χ1) is 8.74. The van der Waals surface area contributed by atoms with Gasteiger partial charge >= 0.3 is 0 Å². The molecule has 1 saturated carbocycles. The molecule has 0 aromatic heterocycles. The fraction of sp³-hybridized carbons (Fsp3) is 0.500. The monoisotopic (exact) mass is 248 g/mol. The molecular formula is C14H17FN2O. The average Bonchev–Trinajstić information content (AvgIpc) is 2.93. The zero-order valence-corrected chi connectivity index (χ0v) is 10.2. The summed E-state index contributed by atoms with van der Waals surface area (Å²) in [6.45, 7) is 0.870. The number of carbonyl (C=O) groups excluding carboxylic acids is 1. The highest BCUT2D eigenvalue weighted by Gasteiger charge is 2.31. The lowest BCUT2D eigenvalue weighted by atomic mass is 10.1. The van der Waals surface area contributed by atoms with Crippen LogP contribution in [0.2, 0.25) is 0 Å². The zero-order valence-electron chi connectivity index (χ0n) is 10.2. The summed E-state index contributed by atoms with van der Waals surface area (Å²) >= 11 is 0. The van der Waals surface area contributed by atoms with E-state index in [0.29, 0.717) is 11.6 Å². The van der Waals surface area contributed by atoms with Crippen molar-refractivity contribution in [2.45, 2.75) is 31.7 Å². The van der Waals surface area contributed by atoms with Crippen LogP contribution in [0.3, 0.4) is 0 Å². The van der Waals surface area contributed by atoms with Crippen LogP contribution in [-0.4, -0.2) is 12.5 Å². The van der Waals surface area contributed by atoms with E-state index in [0.717, 1.165) is 12.1 Å². The highest BCUT2D eigenvalue weighted by molar-refractivity contribution is 6.02. The molecule has 96 valence electrons. The highest BCUT2D eigenvalue weighted by Crippen LogP contribution is 2.32. The number of anilines is 1. The Hall–Kier alpha value is -1.42. The second-order valence-electron chi connectivity index (χ2n) is 5.21. The molecular weight excluding hydrogens is 231 g/mol. The quantitative estimate of drug-likeness (QED) is 0.863. The van der Waals surface area contributed by atoms with Crippen LogP contribution in [0.1, 0.15) is 37.3 Å². The minimum Gasteiger partial charge on any atom is -0.324 e. The van der Waals surface area contributed by atoms with Crippen LogP contribution in [0.25, 0.3) is 0 Å². The molecule has 1 atom stereocenters. The van der Waals surface area contributed by atoms with Crippen LogP contribution in [0.15, 0.2) is 18.2 Å². The predicted molar refractivity (Wildman–Crippen MR) is 67.7 cm³/mol. The van der Waals surface area contributed by atoms with Gasteiger partial charge < -0.3 is 10.6 Å². The number of amides is 1. The molecule has 1 aromatic carbocycles. The Morgan fingerprint density at radius 3 is 2.89 bits per heavy atom. The number of benzene rings is 1. The number of fused-ring (bicyclic) bond motifs is 1. The minimum atomic E-state index is -0.318. The van der Waals surface area contributed by atoms with Gasteiger partial charge in [-0.1, -0.05) is 18.9 Å². The largest absolute Gasteiger partial charge is 0.324 e. The first-order valence-electron chi connectivity index (χ1n) is 6.58. The summed E-state index contributed by atoms with van der Waals surface area (Å²) in [5.41, 5.74) is 1.46. The lowest BCUT2D eigenvalue weighted by Crippen LogP contribution is -2.31. The van der Waals surface area contributed by atoms with Gasteiger partial charge in [0.1, 0.15) is 11.9 Å². The van der Waals surface area contributed by atoms with E-state index in [1.165, 1.54) is 37.8 Å². The van der Waals surface area contributed by atoms with E-state index in [2.05, 4.69) is 10.6 Å². The molecule has 1 aromatic rings. The van der Waals surface area contributed by atoms with Gasteiger partial charge in [-0.2, -0.15) is 0 Å². The van der Waals surface area contributed by atoms with Crippen molar-refractivity contribution >= 4 is 11.6 Å². The number of hydrogen-bond acceptors (Lipinski definition) is 2. The third kappa shape index (κ3) is 2.12. The molecule has 3 nitrogen and oxygen atoms in total. The molecule has 1 heterocycles. The summed E-state index contributed by atoms with van der Waals surface area (Å²) in [6.07, 6.45) is 5.09. The second-order valence-corrected chi connectivity index (χ2v) is 5.21. The molecule has 18 heavy (non-hydrogen) atoms. The zero-order chi connectivity index (χ0) is 12.5. The van der Waals surface area contributed by atoms with Gasteiger partial charge in [-0.15, -0.1) is 0 Å². The summed E-state index contributed by atoms with van der Waals surface area (Å²) in [7, 11) is 0. The summed E-state index contributed by atoms with van der Waals surface area (Å²) < 4.78 is 13.1.